The third-order valence-electron chi connectivity index (χ3n) is 8.75. The molecule has 2 N–H and O–H groups in total. The van der Waals surface area contributed by atoms with E-state index in [2.05, 4.69) is 0 Å². The monoisotopic (exact) mass is 794 g/mol. The van der Waals surface area contributed by atoms with Gasteiger partial charge >= 0.3 is 30.0 Å². The number of aliphatic hydroxyl groups excluding tert-OH is 1. The fourth-order valence-corrected chi connectivity index (χ4v) is 6.70. The van der Waals surface area contributed by atoms with Gasteiger partial charge in [0.15, 0.2) is 6.10 Å². The van der Waals surface area contributed by atoms with Crippen LogP contribution in [0.2, 0.25) is 0 Å². The maximum atomic E-state index is 14.6. The van der Waals surface area contributed by atoms with Crippen molar-refractivity contribution in [2.45, 2.75) is 186 Å². The molecular weight excluding hydrogens is 732 g/mol. The lowest BCUT2D eigenvalue weighted by Crippen LogP contribution is -2.79. The van der Waals surface area contributed by atoms with E-state index < -0.39 is 93.8 Å². The summed E-state index contributed by atoms with van der Waals surface area (Å²) in [6.45, 7) is 21.4. The molecule has 56 heavy (non-hydrogen) atoms. The van der Waals surface area contributed by atoms with Gasteiger partial charge in [0.25, 0.3) is 0 Å². The maximum Gasteiger partial charge on any atom is 0.509 e. The van der Waals surface area contributed by atoms with Crippen LogP contribution in [0.1, 0.15) is 122 Å². The molecule has 0 unspecified atom stereocenters. The van der Waals surface area contributed by atoms with Crippen LogP contribution in [0.4, 0.5) is 4.79 Å². The van der Waals surface area contributed by atoms with Crippen LogP contribution in [0.5, 0.6) is 0 Å². The Hall–Kier alpha value is -3.79. The molecule has 2 heterocycles. The summed E-state index contributed by atoms with van der Waals surface area (Å²) in [5.41, 5.74) is -10.7. The summed E-state index contributed by atoms with van der Waals surface area (Å²) in [4.78, 5) is 68.8. The number of benzene rings is 1. The summed E-state index contributed by atoms with van der Waals surface area (Å²) in [6, 6.07) is 9.57. The lowest BCUT2D eigenvalue weighted by molar-refractivity contribution is -0.378. The second-order valence-electron chi connectivity index (χ2n) is 18.6. The SMILES string of the molecule is CC(=O)O[C@H](CCC[C@]12O[C@H](C(=O)OC(C)(C)C)[C@](O)(C(=O)OC(C)(C)C)[C@](C(=O)OC(C)(C)C)(O1)[C@H](O)[C@H]2OC(=O)OC(C)(C)C)[C@H](C)Cc1ccccc1. The number of carbonyl (C=O) groups is 5. The molecule has 15 heteroatoms. The Morgan fingerprint density at radius 2 is 1.30 bits per heavy atom. The molecule has 8 atom stereocenters. The lowest BCUT2D eigenvalue weighted by atomic mass is 9.74. The number of hydrogen-bond acceptors (Lipinski definition) is 15. The third-order valence-corrected chi connectivity index (χ3v) is 8.75. The second kappa shape index (κ2) is 16.6. The van der Waals surface area contributed by atoms with E-state index in [1.54, 1.807) is 20.8 Å². The van der Waals surface area contributed by atoms with Crippen molar-refractivity contribution in [3.8, 4) is 0 Å². The van der Waals surface area contributed by atoms with Crippen molar-refractivity contribution >= 4 is 30.0 Å². The molecule has 15 nitrogen and oxygen atoms in total. The Labute approximate surface area is 329 Å². The van der Waals surface area contributed by atoms with Crippen molar-refractivity contribution in [1.82, 2.24) is 0 Å². The van der Waals surface area contributed by atoms with Crippen molar-refractivity contribution < 1.29 is 72.1 Å². The van der Waals surface area contributed by atoms with Gasteiger partial charge in [-0.25, -0.2) is 19.2 Å². The Kier molecular flexibility index (Phi) is 13.8. The standard InChI is InChI=1S/C41H62O15/c1-24(23-26-19-16-15-17-20-26)27(49-25(2)42)21-18-22-39-29(50-34(47)55-38(12,13)14)28(43)41(56-39,33(46)54-37(9,10)11)40(48,32(45)53-36(6,7)8)30(51-39)31(44)52-35(3,4)5/h15-17,19-20,24,27-30,43,48H,18,21-23H2,1-14H3/t24-,27-,28-,29-,30-,39+,40+,41+/m1/s1. The van der Waals surface area contributed by atoms with Gasteiger partial charge in [-0.1, -0.05) is 37.3 Å². The predicted molar refractivity (Wildman–Crippen MR) is 200 cm³/mol. The third kappa shape index (κ3) is 11.0. The van der Waals surface area contributed by atoms with Crippen LogP contribution in [0.25, 0.3) is 0 Å². The molecule has 0 aliphatic carbocycles. The number of hydrogen-bond donors (Lipinski definition) is 2. The van der Waals surface area contributed by atoms with Crippen LogP contribution in [0, 0.1) is 5.92 Å². The Balaban J connectivity index is 2.28. The normalized spacial score (nSPS) is 27.7. The highest BCUT2D eigenvalue weighted by Crippen LogP contribution is 2.57. The van der Waals surface area contributed by atoms with Crippen LogP contribution in [-0.2, 0) is 63.5 Å². The average molecular weight is 795 g/mol. The second-order valence-corrected chi connectivity index (χ2v) is 18.6. The van der Waals surface area contributed by atoms with Crippen molar-refractivity contribution in [2.24, 2.45) is 5.92 Å². The Bertz CT molecular complexity index is 1580. The van der Waals surface area contributed by atoms with E-state index in [0.717, 1.165) is 5.56 Å². The molecule has 1 aromatic rings. The van der Waals surface area contributed by atoms with Gasteiger partial charge in [0.2, 0.25) is 23.1 Å². The predicted octanol–water partition coefficient (Wildman–Crippen LogP) is 5.27. The number of fused-ring (bicyclic) bond motifs is 2. The highest BCUT2D eigenvalue weighted by Gasteiger charge is 2.86. The topological polar surface area (TPSA) is 200 Å². The van der Waals surface area contributed by atoms with E-state index in [9.17, 15) is 34.2 Å². The summed E-state index contributed by atoms with van der Waals surface area (Å²) < 4.78 is 46.4. The quantitative estimate of drug-likeness (QED) is 0.205. The molecule has 1 aromatic carbocycles. The van der Waals surface area contributed by atoms with Crippen molar-refractivity contribution in [1.29, 1.82) is 0 Å². The van der Waals surface area contributed by atoms with Gasteiger partial charge in [0, 0.05) is 13.3 Å². The van der Waals surface area contributed by atoms with Crippen LogP contribution >= 0.6 is 0 Å². The first-order valence-corrected chi connectivity index (χ1v) is 18.9. The minimum absolute atomic E-state index is 0.0360. The first-order valence-electron chi connectivity index (χ1n) is 18.9. The first kappa shape index (κ1) is 46.6. The zero-order valence-electron chi connectivity index (χ0n) is 35.3. The summed E-state index contributed by atoms with van der Waals surface area (Å²) >= 11 is 0. The highest BCUT2D eigenvalue weighted by molar-refractivity contribution is 5.99. The van der Waals surface area contributed by atoms with Crippen LogP contribution in [0.3, 0.4) is 0 Å². The van der Waals surface area contributed by atoms with Crippen molar-refractivity contribution in [2.75, 3.05) is 0 Å². The van der Waals surface area contributed by atoms with Crippen LogP contribution < -0.4 is 0 Å². The van der Waals surface area contributed by atoms with E-state index in [-0.39, 0.29) is 25.2 Å². The van der Waals surface area contributed by atoms with Crippen molar-refractivity contribution in [3.05, 3.63) is 35.9 Å². The van der Waals surface area contributed by atoms with Gasteiger partial charge in [0.1, 0.15) is 34.6 Å². The molecule has 2 aliphatic rings. The van der Waals surface area contributed by atoms with E-state index in [1.807, 2.05) is 37.3 Å². The van der Waals surface area contributed by atoms with Gasteiger partial charge in [0.05, 0.1) is 0 Å². The molecule has 0 amide bonds. The fraction of sp³-hybridized carbons (Fsp3) is 0.732. The van der Waals surface area contributed by atoms with Gasteiger partial charge in [-0.05, 0) is 114 Å². The van der Waals surface area contributed by atoms with Gasteiger partial charge in [-0.15, -0.1) is 0 Å². The summed E-state index contributed by atoms with van der Waals surface area (Å²) in [5.74, 6) is -7.60. The first-order chi connectivity index (χ1) is 25.4. The molecule has 0 radical (unpaired) electrons. The van der Waals surface area contributed by atoms with Gasteiger partial charge in [-0.3, -0.25) is 4.79 Å². The molecule has 2 aliphatic heterocycles. The minimum atomic E-state index is -3.51. The summed E-state index contributed by atoms with van der Waals surface area (Å²) in [6.07, 6.45) is -8.53. The minimum Gasteiger partial charge on any atom is -0.462 e. The maximum absolute atomic E-state index is 14.6. The summed E-state index contributed by atoms with van der Waals surface area (Å²) in [7, 11) is 0. The number of rotatable bonds is 12. The fourth-order valence-electron chi connectivity index (χ4n) is 6.70. The smallest absolute Gasteiger partial charge is 0.462 e. The molecule has 2 fully saturated rings. The number of ether oxygens (including phenoxy) is 8. The van der Waals surface area contributed by atoms with Gasteiger partial charge < -0.3 is 48.1 Å². The summed E-state index contributed by atoms with van der Waals surface area (Å²) in [5, 5.41) is 25.1. The van der Waals surface area contributed by atoms with E-state index in [1.165, 1.54) is 69.2 Å². The lowest BCUT2D eigenvalue weighted by Gasteiger charge is -2.51. The molecule has 2 bridgehead atoms. The van der Waals surface area contributed by atoms with E-state index in [4.69, 9.17) is 37.9 Å². The zero-order valence-corrected chi connectivity index (χ0v) is 35.3. The molecule has 0 saturated carbocycles. The molecule has 316 valence electrons. The van der Waals surface area contributed by atoms with E-state index >= 15 is 0 Å². The molecule has 0 spiro atoms. The van der Waals surface area contributed by atoms with Crippen molar-refractivity contribution in [3.63, 3.8) is 0 Å². The Morgan fingerprint density at radius 3 is 1.80 bits per heavy atom. The van der Waals surface area contributed by atoms with Gasteiger partial charge in [-0.2, -0.15) is 0 Å². The molecule has 2 saturated heterocycles. The largest absolute Gasteiger partial charge is 0.509 e. The van der Waals surface area contributed by atoms with Crippen LogP contribution in [-0.4, -0.2) is 104 Å². The average Bonchev–Trinajstić information content (AvgIpc) is 3.21. The molecule has 0 aromatic heterocycles. The Morgan fingerprint density at radius 1 is 0.786 bits per heavy atom. The molecule has 3 rings (SSSR count). The zero-order chi connectivity index (χ0) is 42.9. The number of carbonyl (C=O) groups excluding carboxylic acids is 5. The number of esters is 4. The number of aliphatic hydroxyl groups is 2. The van der Waals surface area contributed by atoms with Crippen LogP contribution in [0.15, 0.2) is 30.3 Å². The highest BCUT2D eigenvalue weighted by atomic mass is 16.8. The van der Waals surface area contributed by atoms with E-state index in [0.29, 0.717) is 6.42 Å². The molecular formula is C41H62O15.